The van der Waals surface area contributed by atoms with Crippen LogP contribution in [0.1, 0.15) is 68.4 Å². The van der Waals surface area contributed by atoms with Crippen molar-refractivity contribution in [3.63, 3.8) is 0 Å². The molecule has 0 amide bonds. The predicted octanol–water partition coefficient (Wildman–Crippen LogP) is 4.44. The molecule has 0 aromatic heterocycles. The zero-order valence-electron chi connectivity index (χ0n) is 11.9. The first-order chi connectivity index (χ1) is 9.34. The number of benzene rings is 1. The molecule has 1 nitrogen and oxygen atoms in total. The Hall–Kier alpha value is -0.820. The smallest absolute Gasteiger partial charge is 0.0568 e. The fraction of sp³-hybridized carbons (Fsp3) is 0.667. The van der Waals surface area contributed by atoms with Crippen LogP contribution in [-0.2, 0) is 6.42 Å². The monoisotopic (exact) mass is 258 g/mol. The fourth-order valence-corrected chi connectivity index (χ4v) is 4.10. The molecule has 104 valence electrons. The number of hydrogen-bond donors (Lipinski definition) is 1. The van der Waals surface area contributed by atoms with Gasteiger partial charge in [0.1, 0.15) is 0 Å². The van der Waals surface area contributed by atoms with Crippen LogP contribution in [0.3, 0.4) is 0 Å². The SMILES string of the molecule is OC1CCCCCC1CC1CCCc2ccccc21. The lowest BCUT2D eigenvalue weighted by molar-refractivity contribution is 0.0903. The molecule has 3 atom stereocenters. The third kappa shape index (κ3) is 3.02. The summed E-state index contributed by atoms with van der Waals surface area (Å²) in [5.41, 5.74) is 3.13. The first-order valence-electron chi connectivity index (χ1n) is 8.10. The molecule has 0 saturated heterocycles. The van der Waals surface area contributed by atoms with Crippen LogP contribution in [0.5, 0.6) is 0 Å². The molecule has 1 N–H and O–H groups in total. The molecule has 0 bridgehead atoms. The Kier molecular flexibility index (Phi) is 4.22. The van der Waals surface area contributed by atoms with Gasteiger partial charge in [-0.05, 0) is 61.5 Å². The molecule has 2 aliphatic carbocycles. The Morgan fingerprint density at radius 1 is 0.947 bits per heavy atom. The molecular weight excluding hydrogens is 232 g/mol. The fourth-order valence-electron chi connectivity index (χ4n) is 4.10. The van der Waals surface area contributed by atoms with Gasteiger partial charge in [0.2, 0.25) is 0 Å². The standard InChI is InChI=1S/C18H26O/c19-18-12-3-1-2-8-16(18)13-15-10-6-9-14-7-4-5-11-17(14)15/h4-5,7,11,15-16,18-19H,1-3,6,8-10,12-13H2. The molecule has 0 radical (unpaired) electrons. The number of rotatable bonds is 2. The van der Waals surface area contributed by atoms with Gasteiger partial charge in [-0.3, -0.25) is 0 Å². The lowest BCUT2D eigenvalue weighted by Crippen LogP contribution is -2.23. The molecule has 0 aliphatic heterocycles. The molecular formula is C18H26O. The third-order valence-electron chi connectivity index (χ3n) is 5.20. The second-order valence-corrected chi connectivity index (χ2v) is 6.49. The Morgan fingerprint density at radius 3 is 2.74 bits per heavy atom. The second-order valence-electron chi connectivity index (χ2n) is 6.49. The van der Waals surface area contributed by atoms with Crippen LogP contribution in [0.25, 0.3) is 0 Å². The highest BCUT2D eigenvalue weighted by Crippen LogP contribution is 2.39. The number of aliphatic hydroxyl groups excluding tert-OH is 1. The lowest BCUT2D eigenvalue weighted by Gasteiger charge is -2.30. The van der Waals surface area contributed by atoms with Crippen LogP contribution in [0.4, 0.5) is 0 Å². The van der Waals surface area contributed by atoms with Gasteiger partial charge in [0.25, 0.3) is 0 Å². The average Bonchev–Trinajstić information content (AvgIpc) is 2.65. The average molecular weight is 258 g/mol. The maximum atomic E-state index is 10.3. The van der Waals surface area contributed by atoms with Crippen LogP contribution in [0.2, 0.25) is 0 Å². The van der Waals surface area contributed by atoms with Gasteiger partial charge < -0.3 is 5.11 Å². The Labute approximate surface area is 117 Å². The number of fused-ring (bicyclic) bond motifs is 1. The summed E-state index contributed by atoms with van der Waals surface area (Å²) in [6, 6.07) is 8.97. The van der Waals surface area contributed by atoms with Crippen molar-refractivity contribution in [2.45, 2.75) is 69.8 Å². The maximum absolute atomic E-state index is 10.3. The largest absolute Gasteiger partial charge is 0.393 e. The first-order valence-corrected chi connectivity index (χ1v) is 8.10. The summed E-state index contributed by atoms with van der Waals surface area (Å²) >= 11 is 0. The third-order valence-corrected chi connectivity index (χ3v) is 5.20. The molecule has 1 heteroatoms. The molecule has 0 spiro atoms. The van der Waals surface area contributed by atoms with E-state index >= 15 is 0 Å². The minimum atomic E-state index is -0.0448. The van der Waals surface area contributed by atoms with Crippen LogP contribution >= 0.6 is 0 Å². The van der Waals surface area contributed by atoms with Crippen LogP contribution in [0, 0.1) is 5.92 Å². The summed E-state index contributed by atoms with van der Waals surface area (Å²) in [4.78, 5) is 0. The van der Waals surface area contributed by atoms with E-state index in [1.807, 2.05) is 0 Å². The number of aryl methyl sites for hydroxylation is 1. The van der Waals surface area contributed by atoms with Gasteiger partial charge in [-0.25, -0.2) is 0 Å². The Bertz CT molecular complexity index is 412. The number of aliphatic hydroxyl groups is 1. The topological polar surface area (TPSA) is 20.2 Å². The van der Waals surface area contributed by atoms with Gasteiger partial charge in [0.15, 0.2) is 0 Å². The molecule has 2 aliphatic rings. The molecule has 3 unspecified atom stereocenters. The quantitative estimate of drug-likeness (QED) is 0.778. The van der Waals surface area contributed by atoms with E-state index in [0.717, 1.165) is 6.42 Å². The molecule has 1 fully saturated rings. The second kappa shape index (κ2) is 6.09. The summed E-state index contributed by atoms with van der Waals surface area (Å²) in [5, 5.41) is 10.3. The van der Waals surface area contributed by atoms with E-state index in [9.17, 15) is 5.11 Å². The maximum Gasteiger partial charge on any atom is 0.0568 e. The van der Waals surface area contributed by atoms with E-state index in [2.05, 4.69) is 24.3 Å². The van der Waals surface area contributed by atoms with Crippen LogP contribution in [-0.4, -0.2) is 11.2 Å². The molecule has 1 aromatic rings. The van der Waals surface area contributed by atoms with Gasteiger partial charge in [0.05, 0.1) is 6.10 Å². The van der Waals surface area contributed by atoms with E-state index in [1.165, 1.54) is 51.4 Å². The minimum absolute atomic E-state index is 0.0448. The summed E-state index contributed by atoms with van der Waals surface area (Å²) < 4.78 is 0. The van der Waals surface area contributed by atoms with Crippen molar-refractivity contribution in [1.82, 2.24) is 0 Å². The van der Waals surface area contributed by atoms with Crippen molar-refractivity contribution < 1.29 is 5.11 Å². The van der Waals surface area contributed by atoms with Gasteiger partial charge in [-0.1, -0.05) is 43.5 Å². The molecule has 1 aromatic carbocycles. The molecule has 1 saturated carbocycles. The summed E-state index contributed by atoms with van der Waals surface area (Å²) in [5.74, 6) is 1.24. The number of hydrogen-bond acceptors (Lipinski definition) is 1. The zero-order valence-corrected chi connectivity index (χ0v) is 11.9. The highest BCUT2D eigenvalue weighted by atomic mass is 16.3. The Balaban J connectivity index is 1.73. The van der Waals surface area contributed by atoms with E-state index in [4.69, 9.17) is 0 Å². The molecule has 19 heavy (non-hydrogen) atoms. The predicted molar refractivity (Wildman–Crippen MR) is 79.3 cm³/mol. The highest BCUT2D eigenvalue weighted by Gasteiger charge is 2.27. The van der Waals surface area contributed by atoms with E-state index in [-0.39, 0.29) is 6.10 Å². The summed E-state index contributed by atoms with van der Waals surface area (Å²) in [6.07, 6.45) is 11.2. The van der Waals surface area contributed by atoms with Gasteiger partial charge in [-0.15, -0.1) is 0 Å². The van der Waals surface area contributed by atoms with Crippen molar-refractivity contribution in [2.24, 2.45) is 5.92 Å². The van der Waals surface area contributed by atoms with E-state index in [1.54, 1.807) is 11.1 Å². The van der Waals surface area contributed by atoms with Crippen molar-refractivity contribution in [1.29, 1.82) is 0 Å². The zero-order chi connectivity index (χ0) is 13.1. The Morgan fingerprint density at radius 2 is 1.79 bits per heavy atom. The van der Waals surface area contributed by atoms with E-state index in [0.29, 0.717) is 11.8 Å². The van der Waals surface area contributed by atoms with Gasteiger partial charge in [-0.2, -0.15) is 0 Å². The van der Waals surface area contributed by atoms with Crippen molar-refractivity contribution >= 4 is 0 Å². The first kappa shape index (κ1) is 13.2. The normalized spacial score (nSPS) is 31.5. The van der Waals surface area contributed by atoms with E-state index < -0.39 is 0 Å². The summed E-state index contributed by atoms with van der Waals surface area (Å²) in [7, 11) is 0. The molecule has 0 heterocycles. The van der Waals surface area contributed by atoms with Gasteiger partial charge in [0, 0.05) is 0 Å². The van der Waals surface area contributed by atoms with Crippen molar-refractivity contribution in [3.05, 3.63) is 35.4 Å². The highest BCUT2D eigenvalue weighted by molar-refractivity contribution is 5.32. The minimum Gasteiger partial charge on any atom is -0.393 e. The van der Waals surface area contributed by atoms with Crippen LogP contribution < -0.4 is 0 Å². The van der Waals surface area contributed by atoms with Gasteiger partial charge >= 0.3 is 0 Å². The van der Waals surface area contributed by atoms with Crippen molar-refractivity contribution in [3.8, 4) is 0 Å². The lowest BCUT2D eigenvalue weighted by atomic mass is 9.76. The van der Waals surface area contributed by atoms with Crippen LogP contribution in [0.15, 0.2) is 24.3 Å². The summed E-state index contributed by atoms with van der Waals surface area (Å²) in [6.45, 7) is 0. The van der Waals surface area contributed by atoms with Crippen molar-refractivity contribution in [2.75, 3.05) is 0 Å². The molecule has 3 rings (SSSR count).